The monoisotopic (exact) mass is 284 g/mol. The highest BCUT2D eigenvalue weighted by Gasteiger charge is 2.39. The van der Waals surface area contributed by atoms with Crippen molar-refractivity contribution in [1.29, 1.82) is 0 Å². The molecule has 0 unspecified atom stereocenters. The maximum absolute atomic E-state index is 12.2. The summed E-state index contributed by atoms with van der Waals surface area (Å²) >= 11 is 0. The van der Waals surface area contributed by atoms with E-state index in [2.05, 4.69) is 22.5 Å². The zero-order valence-electron chi connectivity index (χ0n) is 12.4. The molecule has 21 heavy (non-hydrogen) atoms. The third-order valence-electron chi connectivity index (χ3n) is 3.85. The quantitative estimate of drug-likeness (QED) is 0.935. The predicted molar refractivity (Wildman–Crippen MR) is 80.8 cm³/mol. The van der Waals surface area contributed by atoms with Gasteiger partial charge < -0.3 is 10.2 Å². The maximum atomic E-state index is 12.2. The molecule has 0 radical (unpaired) electrons. The molecule has 1 aliphatic rings. The maximum Gasteiger partial charge on any atom is 0.317 e. The molecular formula is C16H20N4O. The van der Waals surface area contributed by atoms with Gasteiger partial charge in [-0.1, -0.05) is 30.3 Å². The summed E-state index contributed by atoms with van der Waals surface area (Å²) in [7, 11) is 3.68. The molecule has 0 aliphatic heterocycles. The molecule has 1 aliphatic carbocycles. The number of nitrogens with one attached hydrogen (secondary N) is 1. The van der Waals surface area contributed by atoms with Crippen LogP contribution in [0.15, 0.2) is 42.7 Å². The Kier molecular flexibility index (Phi) is 3.64. The summed E-state index contributed by atoms with van der Waals surface area (Å²) in [5, 5.41) is 7.20. The van der Waals surface area contributed by atoms with E-state index in [1.54, 1.807) is 15.8 Å². The number of carbonyl (C=O) groups excluding carboxylic acids is 1. The van der Waals surface area contributed by atoms with Crippen LogP contribution >= 0.6 is 0 Å². The highest BCUT2D eigenvalue weighted by molar-refractivity contribution is 5.74. The van der Waals surface area contributed by atoms with Crippen molar-refractivity contribution in [3.05, 3.63) is 53.9 Å². The first-order valence-corrected chi connectivity index (χ1v) is 7.17. The molecule has 5 nitrogen and oxygen atoms in total. The lowest BCUT2D eigenvalue weighted by molar-refractivity contribution is 0.206. The van der Waals surface area contributed by atoms with Crippen molar-refractivity contribution in [2.24, 2.45) is 7.05 Å². The van der Waals surface area contributed by atoms with Crippen LogP contribution in [0.2, 0.25) is 0 Å². The van der Waals surface area contributed by atoms with Crippen LogP contribution < -0.4 is 5.32 Å². The fraction of sp³-hybridized carbons (Fsp3) is 0.375. The molecule has 2 amide bonds. The van der Waals surface area contributed by atoms with Crippen LogP contribution in [0, 0.1) is 0 Å². The number of benzene rings is 1. The van der Waals surface area contributed by atoms with Crippen LogP contribution in [0.4, 0.5) is 4.79 Å². The van der Waals surface area contributed by atoms with Crippen LogP contribution in [-0.4, -0.2) is 33.8 Å². The summed E-state index contributed by atoms with van der Waals surface area (Å²) < 4.78 is 1.74. The molecule has 1 saturated carbocycles. The average Bonchev–Trinajstić information content (AvgIpc) is 3.13. The van der Waals surface area contributed by atoms with Crippen molar-refractivity contribution in [3.63, 3.8) is 0 Å². The molecule has 1 aromatic heterocycles. The van der Waals surface area contributed by atoms with Crippen LogP contribution in [0.25, 0.3) is 0 Å². The second-order valence-electron chi connectivity index (χ2n) is 5.69. The molecular weight excluding hydrogens is 264 g/mol. The van der Waals surface area contributed by atoms with Gasteiger partial charge in [-0.05, 0) is 12.0 Å². The predicted octanol–water partition coefficient (Wildman–Crippen LogP) is 2.12. The molecule has 1 heterocycles. The molecule has 1 fully saturated rings. The van der Waals surface area contributed by atoms with E-state index in [1.807, 2.05) is 38.5 Å². The van der Waals surface area contributed by atoms with Gasteiger partial charge in [0.2, 0.25) is 0 Å². The van der Waals surface area contributed by atoms with E-state index in [-0.39, 0.29) is 12.1 Å². The smallest absolute Gasteiger partial charge is 0.317 e. The number of aryl methyl sites for hydroxylation is 1. The zero-order chi connectivity index (χ0) is 14.8. The van der Waals surface area contributed by atoms with Crippen molar-refractivity contribution in [1.82, 2.24) is 20.0 Å². The summed E-state index contributed by atoms with van der Waals surface area (Å²) in [6, 6.07) is 10.6. The van der Waals surface area contributed by atoms with Gasteiger partial charge in [-0.2, -0.15) is 5.10 Å². The first kappa shape index (κ1) is 13.7. The molecule has 1 aromatic carbocycles. The van der Waals surface area contributed by atoms with Crippen molar-refractivity contribution in [2.75, 3.05) is 7.05 Å². The number of urea groups is 1. The van der Waals surface area contributed by atoms with E-state index in [0.717, 1.165) is 12.0 Å². The average molecular weight is 284 g/mol. The molecule has 110 valence electrons. The lowest BCUT2D eigenvalue weighted by Gasteiger charge is -2.17. The number of rotatable bonds is 4. The van der Waals surface area contributed by atoms with Crippen LogP contribution in [-0.2, 0) is 13.6 Å². The van der Waals surface area contributed by atoms with Gasteiger partial charge in [0, 0.05) is 37.8 Å². The highest BCUT2D eigenvalue weighted by Crippen LogP contribution is 2.40. The zero-order valence-corrected chi connectivity index (χ0v) is 12.4. The van der Waals surface area contributed by atoms with E-state index in [4.69, 9.17) is 0 Å². The van der Waals surface area contributed by atoms with Crippen LogP contribution in [0.1, 0.15) is 23.5 Å². The van der Waals surface area contributed by atoms with Gasteiger partial charge in [-0.25, -0.2) is 4.79 Å². The van der Waals surface area contributed by atoms with Gasteiger partial charge in [0.25, 0.3) is 0 Å². The number of aromatic nitrogens is 2. The Morgan fingerprint density at radius 2 is 2.19 bits per heavy atom. The first-order valence-electron chi connectivity index (χ1n) is 7.17. The van der Waals surface area contributed by atoms with Crippen molar-refractivity contribution in [3.8, 4) is 0 Å². The Balaban J connectivity index is 1.51. The molecule has 0 spiro atoms. The van der Waals surface area contributed by atoms with Crippen LogP contribution in [0.5, 0.6) is 0 Å². The Labute approximate surface area is 124 Å². The normalized spacial score (nSPS) is 20.1. The molecule has 0 bridgehead atoms. The van der Waals surface area contributed by atoms with Crippen molar-refractivity contribution >= 4 is 6.03 Å². The van der Waals surface area contributed by atoms with E-state index in [9.17, 15) is 4.79 Å². The fourth-order valence-corrected chi connectivity index (χ4v) is 2.59. The van der Waals surface area contributed by atoms with E-state index < -0.39 is 0 Å². The number of hydrogen-bond donors (Lipinski definition) is 1. The molecule has 1 N–H and O–H groups in total. The second-order valence-corrected chi connectivity index (χ2v) is 5.69. The third-order valence-corrected chi connectivity index (χ3v) is 3.85. The molecule has 2 aromatic rings. The fourth-order valence-electron chi connectivity index (χ4n) is 2.59. The third kappa shape index (κ3) is 3.24. The SMILES string of the molecule is CN(Cc1cnn(C)c1)C(=O)N[C@H]1C[C@H]1c1ccccc1. The molecule has 0 saturated heterocycles. The Bertz CT molecular complexity index is 622. The minimum Gasteiger partial charge on any atom is -0.335 e. The summed E-state index contributed by atoms with van der Waals surface area (Å²) in [5.74, 6) is 0.460. The first-order chi connectivity index (χ1) is 10.1. The van der Waals surface area contributed by atoms with E-state index in [0.29, 0.717) is 12.5 Å². The van der Waals surface area contributed by atoms with Gasteiger partial charge in [0.05, 0.1) is 12.7 Å². The van der Waals surface area contributed by atoms with Gasteiger partial charge in [0.15, 0.2) is 0 Å². The number of nitrogens with zero attached hydrogens (tertiary/aromatic N) is 3. The lowest BCUT2D eigenvalue weighted by Crippen LogP contribution is -2.38. The van der Waals surface area contributed by atoms with Crippen LogP contribution in [0.3, 0.4) is 0 Å². The largest absolute Gasteiger partial charge is 0.335 e. The lowest BCUT2D eigenvalue weighted by atomic mass is 10.1. The topological polar surface area (TPSA) is 50.2 Å². The standard InChI is InChI=1S/C16H20N4O/c1-19(10-12-9-17-20(2)11-12)16(21)18-15-8-14(15)13-6-4-3-5-7-13/h3-7,9,11,14-15H,8,10H2,1-2H3,(H,18,21)/t14-,15-/m0/s1. The van der Waals surface area contributed by atoms with Gasteiger partial charge in [-0.15, -0.1) is 0 Å². The minimum atomic E-state index is -0.0257. The van der Waals surface area contributed by atoms with Gasteiger partial charge >= 0.3 is 6.03 Å². The highest BCUT2D eigenvalue weighted by atomic mass is 16.2. The van der Waals surface area contributed by atoms with Gasteiger partial charge in [-0.3, -0.25) is 4.68 Å². The summed E-state index contributed by atoms with van der Waals surface area (Å²) in [4.78, 5) is 13.9. The summed E-state index contributed by atoms with van der Waals surface area (Å²) in [5.41, 5.74) is 2.34. The Morgan fingerprint density at radius 3 is 2.86 bits per heavy atom. The molecule has 3 rings (SSSR count). The van der Waals surface area contributed by atoms with E-state index in [1.165, 1.54) is 5.56 Å². The van der Waals surface area contributed by atoms with Gasteiger partial charge in [0.1, 0.15) is 0 Å². The van der Waals surface area contributed by atoms with Crippen molar-refractivity contribution < 1.29 is 4.79 Å². The molecule has 2 atom stereocenters. The van der Waals surface area contributed by atoms with E-state index >= 15 is 0 Å². The Hall–Kier alpha value is -2.30. The molecule has 5 heteroatoms. The number of carbonyl (C=O) groups is 1. The van der Waals surface area contributed by atoms with Crippen molar-refractivity contribution in [2.45, 2.75) is 24.9 Å². The second kappa shape index (κ2) is 5.60. The minimum absolute atomic E-state index is 0.0257. The number of amides is 2. The Morgan fingerprint density at radius 1 is 1.43 bits per heavy atom. The summed E-state index contributed by atoms with van der Waals surface area (Å²) in [6.45, 7) is 0.572. The summed E-state index contributed by atoms with van der Waals surface area (Å²) in [6.07, 6.45) is 4.73. The number of hydrogen-bond acceptors (Lipinski definition) is 2.